The van der Waals surface area contributed by atoms with Gasteiger partial charge in [0.05, 0.1) is 0 Å². The molecule has 116 valence electrons. The van der Waals surface area contributed by atoms with Gasteiger partial charge in [0.15, 0.2) is 5.82 Å². The minimum atomic E-state index is -0.472. The Hall–Kier alpha value is -1.92. The summed E-state index contributed by atoms with van der Waals surface area (Å²) in [4.78, 5) is 29.7. The molecule has 1 N–H and O–H groups in total. The van der Waals surface area contributed by atoms with Crippen LogP contribution in [-0.4, -0.2) is 39.4 Å². The van der Waals surface area contributed by atoms with Crippen LogP contribution >= 0.6 is 0 Å². The molecule has 1 aliphatic rings. The molecule has 1 fully saturated rings. The Bertz CT molecular complexity index is 514. The van der Waals surface area contributed by atoms with E-state index in [-0.39, 0.29) is 17.9 Å². The number of nitrogens with one attached hydrogen (secondary N) is 1. The van der Waals surface area contributed by atoms with E-state index in [4.69, 9.17) is 4.52 Å². The Morgan fingerprint density at radius 2 is 2.24 bits per heavy atom. The highest BCUT2D eigenvalue weighted by Crippen LogP contribution is 2.15. The number of hydrogen-bond donors (Lipinski definition) is 1. The molecule has 2 amide bonds. The zero-order valence-corrected chi connectivity index (χ0v) is 12.8. The number of carbonyl (C=O) groups excluding carboxylic acids is 2. The van der Waals surface area contributed by atoms with E-state index in [2.05, 4.69) is 15.5 Å². The molecule has 1 aromatic heterocycles. The molecule has 7 nitrogen and oxygen atoms in total. The van der Waals surface area contributed by atoms with Gasteiger partial charge in [-0.2, -0.15) is 4.98 Å². The van der Waals surface area contributed by atoms with Crippen LogP contribution in [0.2, 0.25) is 0 Å². The van der Waals surface area contributed by atoms with Crippen LogP contribution in [0.5, 0.6) is 0 Å². The van der Waals surface area contributed by atoms with Crippen molar-refractivity contribution < 1.29 is 14.1 Å². The molecule has 1 aromatic rings. The molecule has 21 heavy (non-hydrogen) atoms. The minimum Gasteiger partial charge on any atom is -0.343 e. The fraction of sp³-hybridized carbons (Fsp3) is 0.714. The van der Waals surface area contributed by atoms with E-state index in [1.807, 2.05) is 6.92 Å². The van der Waals surface area contributed by atoms with Crippen molar-refractivity contribution in [3.8, 4) is 0 Å². The lowest BCUT2D eigenvalue weighted by Crippen LogP contribution is -2.46. The van der Waals surface area contributed by atoms with E-state index in [1.54, 1.807) is 18.7 Å². The van der Waals surface area contributed by atoms with Gasteiger partial charge in [0.2, 0.25) is 17.7 Å². The van der Waals surface area contributed by atoms with Crippen molar-refractivity contribution in [1.29, 1.82) is 0 Å². The summed E-state index contributed by atoms with van der Waals surface area (Å²) in [7, 11) is 0. The summed E-state index contributed by atoms with van der Waals surface area (Å²) in [6, 6.07) is -0.837. The molecule has 0 saturated carbocycles. The Morgan fingerprint density at radius 1 is 1.48 bits per heavy atom. The van der Waals surface area contributed by atoms with Gasteiger partial charge in [-0.1, -0.05) is 12.1 Å². The predicted molar refractivity (Wildman–Crippen MR) is 75.3 cm³/mol. The minimum absolute atomic E-state index is 0.0355. The zero-order valence-electron chi connectivity index (χ0n) is 12.8. The van der Waals surface area contributed by atoms with E-state index in [0.717, 1.165) is 19.3 Å². The van der Waals surface area contributed by atoms with Crippen molar-refractivity contribution in [3.63, 3.8) is 0 Å². The summed E-state index contributed by atoms with van der Waals surface area (Å²) < 4.78 is 5.15. The number of aromatic nitrogens is 2. The van der Waals surface area contributed by atoms with Crippen LogP contribution in [0, 0.1) is 0 Å². The number of nitrogens with zero attached hydrogens (tertiary/aromatic N) is 3. The normalized spacial score (nSPS) is 17.9. The van der Waals surface area contributed by atoms with Gasteiger partial charge >= 0.3 is 0 Å². The van der Waals surface area contributed by atoms with Crippen LogP contribution < -0.4 is 5.32 Å². The fourth-order valence-electron chi connectivity index (χ4n) is 2.38. The van der Waals surface area contributed by atoms with Crippen molar-refractivity contribution in [1.82, 2.24) is 20.4 Å². The van der Waals surface area contributed by atoms with Crippen LogP contribution in [-0.2, 0) is 16.0 Å². The summed E-state index contributed by atoms with van der Waals surface area (Å²) in [5.41, 5.74) is 0. The maximum Gasteiger partial charge on any atom is 0.248 e. The van der Waals surface area contributed by atoms with Gasteiger partial charge in [0.1, 0.15) is 12.1 Å². The van der Waals surface area contributed by atoms with E-state index in [9.17, 15) is 9.59 Å². The molecule has 0 aromatic carbocycles. The second kappa shape index (κ2) is 6.69. The largest absolute Gasteiger partial charge is 0.343 e. The van der Waals surface area contributed by atoms with Gasteiger partial charge in [-0.05, 0) is 26.7 Å². The molecule has 1 aliphatic heterocycles. The molecule has 2 heterocycles. The van der Waals surface area contributed by atoms with Crippen molar-refractivity contribution in [2.45, 2.75) is 58.5 Å². The number of rotatable bonds is 6. The van der Waals surface area contributed by atoms with E-state index in [0.29, 0.717) is 24.7 Å². The number of likely N-dealkylation sites (tertiary alicyclic amines) is 1. The topological polar surface area (TPSA) is 88.3 Å². The number of amides is 2. The Morgan fingerprint density at radius 3 is 2.86 bits per heavy atom. The number of aryl methyl sites for hydroxylation is 1. The average Bonchev–Trinajstić information content (AvgIpc) is 3.07. The summed E-state index contributed by atoms with van der Waals surface area (Å²) in [6.07, 6.45) is 3.03. The number of hydrogen-bond acceptors (Lipinski definition) is 5. The van der Waals surface area contributed by atoms with Crippen molar-refractivity contribution >= 4 is 11.8 Å². The molecule has 0 aliphatic carbocycles. The smallest absolute Gasteiger partial charge is 0.248 e. The molecule has 0 radical (unpaired) electrons. The first-order valence-electron chi connectivity index (χ1n) is 7.45. The molecule has 0 bridgehead atoms. The third-order valence-electron chi connectivity index (χ3n) is 3.64. The first-order valence-corrected chi connectivity index (χ1v) is 7.45. The fourth-order valence-corrected chi connectivity index (χ4v) is 2.38. The summed E-state index contributed by atoms with van der Waals surface area (Å²) >= 11 is 0. The second-order valence-electron chi connectivity index (χ2n) is 5.40. The summed E-state index contributed by atoms with van der Waals surface area (Å²) in [5, 5.41) is 6.69. The maximum absolute atomic E-state index is 12.2. The lowest BCUT2D eigenvalue weighted by Gasteiger charge is -2.24. The lowest BCUT2D eigenvalue weighted by molar-refractivity contribution is -0.137. The average molecular weight is 294 g/mol. The third kappa shape index (κ3) is 3.59. The van der Waals surface area contributed by atoms with Gasteiger partial charge in [-0.15, -0.1) is 0 Å². The van der Waals surface area contributed by atoms with Crippen LogP contribution in [0.4, 0.5) is 0 Å². The third-order valence-corrected chi connectivity index (χ3v) is 3.64. The highest BCUT2D eigenvalue weighted by atomic mass is 16.5. The molecule has 2 rings (SSSR count). The summed E-state index contributed by atoms with van der Waals surface area (Å²) in [5.74, 6) is 0.879. The van der Waals surface area contributed by atoms with Gasteiger partial charge in [0, 0.05) is 19.4 Å². The molecule has 1 saturated heterocycles. The van der Waals surface area contributed by atoms with Crippen molar-refractivity contribution in [3.05, 3.63) is 11.7 Å². The highest BCUT2D eigenvalue weighted by Gasteiger charge is 2.30. The van der Waals surface area contributed by atoms with Crippen LogP contribution in [0.25, 0.3) is 0 Å². The summed E-state index contributed by atoms with van der Waals surface area (Å²) in [6.45, 7) is 6.21. The quantitative estimate of drug-likeness (QED) is 0.852. The van der Waals surface area contributed by atoms with Gasteiger partial charge in [-0.3, -0.25) is 9.59 Å². The maximum atomic E-state index is 12.2. The number of carbonyl (C=O) groups is 2. The monoisotopic (exact) mass is 294 g/mol. The molecule has 0 spiro atoms. The molecule has 7 heteroatoms. The first-order chi connectivity index (χ1) is 10.0. The molecule has 0 unspecified atom stereocenters. The standard InChI is InChI=1S/C14H22N4O3/c1-4-6-11-16-14(21-17-11)9(2)15-13(20)10(3)18-8-5-7-12(18)19/h9-10H,4-8H2,1-3H3,(H,15,20)/t9-,10+/m0/s1. The van der Waals surface area contributed by atoms with Gasteiger partial charge < -0.3 is 14.7 Å². The second-order valence-corrected chi connectivity index (χ2v) is 5.40. The van der Waals surface area contributed by atoms with E-state index < -0.39 is 6.04 Å². The molecule has 2 atom stereocenters. The van der Waals surface area contributed by atoms with Crippen molar-refractivity contribution in [2.24, 2.45) is 0 Å². The van der Waals surface area contributed by atoms with Crippen LogP contribution in [0.1, 0.15) is 57.8 Å². The van der Waals surface area contributed by atoms with Crippen molar-refractivity contribution in [2.75, 3.05) is 6.54 Å². The van der Waals surface area contributed by atoms with Crippen LogP contribution in [0.15, 0.2) is 4.52 Å². The molecular formula is C14H22N4O3. The predicted octanol–water partition coefficient (Wildman–Crippen LogP) is 1.21. The Labute approximate surface area is 124 Å². The first kappa shape index (κ1) is 15.5. The lowest BCUT2D eigenvalue weighted by atomic mass is 10.2. The molecular weight excluding hydrogens is 272 g/mol. The highest BCUT2D eigenvalue weighted by molar-refractivity contribution is 5.88. The Balaban J connectivity index is 1.93. The van der Waals surface area contributed by atoms with Gasteiger partial charge in [0.25, 0.3) is 0 Å². The van der Waals surface area contributed by atoms with Gasteiger partial charge in [-0.25, -0.2) is 0 Å². The van der Waals surface area contributed by atoms with E-state index in [1.165, 1.54) is 0 Å². The SMILES string of the molecule is CCCc1noc([C@H](C)NC(=O)[C@@H](C)N2CCCC2=O)n1. The Kier molecular flexibility index (Phi) is 4.93. The van der Waals surface area contributed by atoms with E-state index >= 15 is 0 Å². The zero-order chi connectivity index (χ0) is 15.4. The van der Waals surface area contributed by atoms with Crippen LogP contribution in [0.3, 0.4) is 0 Å².